The molecule has 1 amide bonds. The van der Waals surface area contributed by atoms with Gasteiger partial charge in [0.15, 0.2) is 11.4 Å². The lowest BCUT2D eigenvalue weighted by atomic mass is 9.99. The standard InChI is InChI=1S/C18H26ClN3O4/c1-24-15-11-26-10-6-14(15)21-12-4-8-22(9-5-12)18(23)16-17(25-2)13(19)3-7-20-16/h3,7,12,14-15,21H,4-6,8-11H2,1-2H3. The maximum absolute atomic E-state index is 12.8. The van der Waals surface area contributed by atoms with Crippen molar-refractivity contribution in [2.24, 2.45) is 0 Å². The highest BCUT2D eigenvalue weighted by Crippen LogP contribution is 2.28. The average molecular weight is 384 g/mol. The number of hydrogen-bond donors (Lipinski definition) is 1. The number of nitrogens with one attached hydrogen (secondary N) is 1. The van der Waals surface area contributed by atoms with E-state index in [0.29, 0.717) is 42.6 Å². The van der Waals surface area contributed by atoms with Gasteiger partial charge in [0.05, 0.1) is 24.8 Å². The number of rotatable bonds is 5. The molecule has 0 aliphatic carbocycles. The third-order valence-electron chi connectivity index (χ3n) is 5.10. The first-order valence-corrected chi connectivity index (χ1v) is 9.36. The van der Waals surface area contributed by atoms with E-state index in [9.17, 15) is 4.79 Å². The van der Waals surface area contributed by atoms with Gasteiger partial charge in [0.1, 0.15) is 0 Å². The summed E-state index contributed by atoms with van der Waals surface area (Å²) in [7, 11) is 3.22. The van der Waals surface area contributed by atoms with Gasteiger partial charge < -0.3 is 24.4 Å². The summed E-state index contributed by atoms with van der Waals surface area (Å²) in [5.41, 5.74) is 0.273. The third-order valence-corrected chi connectivity index (χ3v) is 5.40. The van der Waals surface area contributed by atoms with Crippen LogP contribution in [0.25, 0.3) is 0 Å². The highest BCUT2D eigenvalue weighted by Gasteiger charge is 2.31. The number of aromatic nitrogens is 1. The molecule has 1 aromatic rings. The number of carbonyl (C=O) groups excluding carboxylic acids is 1. The monoisotopic (exact) mass is 383 g/mol. The molecule has 144 valence electrons. The van der Waals surface area contributed by atoms with E-state index in [0.717, 1.165) is 25.9 Å². The number of piperidine rings is 1. The number of nitrogens with zero attached hydrogens (tertiary/aromatic N) is 2. The molecule has 2 aliphatic heterocycles. The van der Waals surface area contributed by atoms with Crippen LogP contribution in [0.1, 0.15) is 29.8 Å². The molecule has 8 heteroatoms. The first-order chi connectivity index (χ1) is 12.6. The number of hydrogen-bond acceptors (Lipinski definition) is 6. The topological polar surface area (TPSA) is 72.9 Å². The maximum Gasteiger partial charge on any atom is 0.276 e. The zero-order chi connectivity index (χ0) is 18.5. The summed E-state index contributed by atoms with van der Waals surface area (Å²) in [5, 5.41) is 4.08. The van der Waals surface area contributed by atoms with Crippen molar-refractivity contribution in [3.05, 3.63) is 23.0 Å². The van der Waals surface area contributed by atoms with Gasteiger partial charge in [0.2, 0.25) is 0 Å². The van der Waals surface area contributed by atoms with Gasteiger partial charge in [-0.1, -0.05) is 11.6 Å². The number of halogens is 1. The summed E-state index contributed by atoms with van der Waals surface area (Å²) in [5.74, 6) is 0.202. The summed E-state index contributed by atoms with van der Waals surface area (Å²) in [6.07, 6.45) is 4.34. The van der Waals surface area contributed by atoms with Crippen molar-refractivity contribution in [3.63, 3.8) is 0 Å². The fourth-order valence-electron chi connectivity index (χ4n) is 3.61. The number of pyridine rings is 1. The molecule has 0 radical (unpaired) electrons. The van der Waals surface area contributed by atoms with Crippen molar-refractivity contribution >= 4 is 17.5 Å². The van der Waals surface area contributed by atoms with Gasteiger partial charge in [-0.05, 0) is 25.3 Å². The van der Waals surface area contributed by atoms with E-state index in [4.69, 9.17) is 25.8 Å². The zero-order valence-corrected chi connectivity index (χ0v) is 16.0. The summed E-state index contributed by atoms with van der Waals surface area (Å²) in [6.45, 7) is 2.74. The van der Waals surface area contributed by atoms with Gasteiger partial charge in [-0.25, -0.2) is 4.98 Å². The average Bonchev–Trinajstić information content (AvgIpc) is 2.68. The Bertz CT molecular complexity index is 622. The number of likely N-dealkylation sites (tertiary alicyclic amines) is 1. The largest absolute Gasteiger partial charge is 0.493 e. The predicted molar refractivity (Wildman–Crippen MR) is 97.9 cm³/mol. The van der Waals surface area contributed by atoms with Crippen LogP contribution in [0, 0.1) is 0 Å². The Kier molecular flexibility index (Phi) is 6.69. The highest BCUT2D eigenvalue weighted by molar-refractivity contribution is 6.32. The summed E-state index contributed by atoms with van der Waals surface area (Å²) >= 11 is 6.10. The summed E-state index contributed by atoms with van der Waals surface area (Å²) in [6, 6.07) is 2.29. The Hall–Kier alpha value is -1.41. The SMILES string of the molecule is COc1c(Cl)ccnc1C(=O)N1CCC(NC2CCOCC2OC)CC1. The first-order valence-electron chi connectivity index (χ1n) is 8.98. The molecule has 7 nitrogen and oxygen atoms in total. The minimum absolute atomic E-state index is 0.0864. The van der Waals surface area contributed by atoms with Gasteiger partial charge in [0.25, 0.3) is 5.91 Å². The molecule has 2 saturated heterocycles. The van der Waals surface area contributed by atoms with Crippen molar-refractivity contribution in [3.8, 4) is 5.75 Å². The van der Waals surface area contributed by atoms with E-state index in [1.807, 2.05) is 4.90 Å². The minimum Gasteiger partial charge on any atom is -0.493 e. The normalized spacial score (nSPS) is 24.5. The van der Waals surface area contributed by atoms with Crippen LogP contribution in [0.2, 0.25) is 5.02 Å². The molecule has 0 aromatic carbocycles. The maximum atomic E-state index is 12.8. The van der Waals surface area contributed by atoms with E-state index in [1.54, 1.807) is 13.2 Å². The van der Waals surface area contributed by atoms with Crippen molar-refractivity contribution < 1.29 is 19.0 Å². The lowest BCUT2D eigenvalue weighted by Crippen LogP contribution is -2.54. The smallest absolute Gasteiger partial charge is 0.276 e. The molecule has 0 saturated carbocycles. The minimum atomic E-state index is -0.136. The van der Waals surface area contributed by atoms with Crippen LogP contribution in [0.15, 0.2) is 12.3 Å². The van der Waals surface area contributed by atoms with Crippen molar-refractivity contribution in [1.29, 1.82) is 0 Å². The fourth-order valence-corrected chi connectivity index (χ4v) is 3.83. The zero-order valence-electron chi connectivity index (χ0n) is 15.2. The van der Waals surface area contributed by atoms with E-state index in [-0.39, 0.29) is 17.7 Å². The van der Waals surface area contributed by atoms with Gasteiger partial charge in [0, 0.05) is 45.1 Å². The van der Waals surface area contributed by atoms with Crippen LogP contribution in [-0.4, -0.2) is 74.5 Å². The van der Waals surface area contributed by atoms with Crippen molar-refractivity contribution in [1.82, 2.24) is 15.2 Å². The molecule has 0 bridgehead atoms. The van der Waals surface area contributed by atoms with E-state index < -0.39 is 0 Å². The fraction of sp³-hybridized carbons (Fsp3) is 0.667. The van der Waals surface area contributed by atoms with Crippen molar-refractivity contribution in [2.75, 3.05) is 40.5 Å². The molecule has 0 spiro atoms. The number of ether oxygens (including phenoxy) is 3. The van der Waals surface area contributed by atoms with Crippen LogP contribution in [0.4, 0.5) is 0 Å². The lowest BCUT2D eigenvalue weighted by molar-refractivity contribution is -0.0533. The second kappa shape index (κ2) is 8.99. The van der Waals surface area contributed by atoms with Gasteiger partial charge in [-0.15, -0.1) is 0 Å². The van der Waals surface area contributed by atoms with Crippen LogP contribution >= 0.6 is 11.6 Å². The van der Waals surface area contributed by atoms with Crippen LogP contribution in [0.3, 0.4) is 0 Å². The van der Waals surface area contributed by atoms with Crippen molar-refractivity contribution in [2.45, 2.75) is 37.5 Å². The van der Waals surface area contributed by atoms with Crippen LogP contribution < -0.4 is 10.1 Å². The van der Waals surface area contributed by atoms with Gasteiger partial charge >= 0.3 is 0 Å². The van der Waals surface area contributed by atoms with E-state index in [2.05, 4.69) is 10.3 Å². The van der Waals surface area contributed by atoms with E-state index in [1.165, 1.54) is 13.3 Å². The molecule has 2 unspecified atom stereocenters. The molecule has 26 heavy (non-hydrogen) atoms. The Balaban J connectivity index is 1.57. The number of methoxy groups -OCH3 is 2. The predicted octanol–water partition coefficient (Wildman–Crippen LogP) is 1.74. The number of carbonyl (C=O) groups is 1. The highest BCUT2D eigenvalue weighted by atomic mass is 35.5. The van der Waals surface area contributed by atoms with Gasteiger partial charge in [-0.2, -0.15) is 0 Å². The third kappa shape index (κ3) is 4.28. The van der Waals surface area contributed by atoms with Gasteiger partial charge in [-0.3, -0.25) is 4.79 Å². The molecule has 3 heterocycles. The number of amides is 1. The molecule has 1 N–H and O–H groups in total. The Morgan fingerprint density at radius 2 is 2.12 bits per heavy atom. The van der Waals surface area contributed by atoms with E-state index >= 15 is 0 Å². The quantitative estimate of drug-likeness (QED) is 0.835. The molecule has 2 fully saturated rings. The Morgan fingerprint density at radius 1 is 1.35 bits per heavy atom. The second-order valence-corrected chi connectivity index (χ2v) is 7.06. The summed E-state index contributed by atoms with van der Waals surface area (Å²) in [4.78, 5) is 18.8. The molecule has 1 aromatic heterocycles. The molecule has 3 rings (SSSR count). The Labute approximate surface area is 158 Å². The molecule has 2 atom stereocenters. The summed E-state index contributed by atoms with van der Waals surface area (Å²) < 4.78 is 16.2. The molecular formula is C18H26ClN3O4. The molecular weight excluding hydrogens is 358 g/mol. The van der Waals surface area contributed by atoms with Crippen LogP contribution in [0.5, 0.6) is 5.75 Å². The second-order valence-electron chi connectivity index (χ2n) is 6.65. The Morgan fingerprint density at radius 3 is 2.81 bits per heavy atom. The lowest BCUT2D eigenvalue weighted by Gasteiger charge is -2.38. The first kappa shape index (κ1) is 19.4. The van der Waals surface area contributed by atoms with Crippen LogP contribution in [-0.2, 0) is 9.47 Å². The molecule has 2 aliphatic rings.